The Kier molecular flexibility index (Phi) is 3.42. The van der Waals surface area contributed by atoms with Crippen molar-refractivity contribution in [2.45, 2.75) is 32.2 Å². The van der Waals surface area contributed by atoms with E-state index >= 15 is 0 Å². The van der Waals surface area contributed by atoms with Crippen LogP contribution in [0.2, 0.25) is 0 Å². The van der Waals surface area contributed by atoms with Gasteiger partial charge >= 0.3 is 0 Å². The zero-order chi connectivity index (χ0) is 14.9. The number of H-pyrrole nitrogens is 1. The van der Waals surface area contributed by atoms with E-state index in [1.54, 1.807) is 0 Å². The Labute approximate surface area is 129 Å². The number of nitrogens with zero attached hydrogens (tertiary/aromatic N) is 3. The molecule has 5 heteroatoms. The molecule has 1 aliphatic heterocycles. The van der Waals surface area contributed by atoms with Crippen LogP contribution in [-0.4, -0.2) is 33.1 Å². The van der Waals surface area contributed by atoms with Crippen LogP contribution in [0.25, 0.3) is 10.9 Å². The summed E-state index contributed by atoms with van der Waals surface area (Å²) in [7, 11) is 0. The van der Waals surface area contributed by atoms with Gasteiger partial charge in [-0.05, 0) is 50.4 Å². The van der Waals surface area contributed by atoms with Crippen LogP contribution < -0.4 is 0 Å². The minimum absolute atomic E-state index is 0.636. The first-order valence-electron chi connectivity index (χ1n) is 7.87. The van der Waals surface area contributed by atoms with E-state index in [2.05, 4.69) is 50.5 Å². The van der Waals surface area contributed by atoms with Crippen molar-refractivity contribution in [2.75, 3.05) is 13.1 Å². The molecule has 0 bridgehead atoms. The largest absolute Gasteiger partial charge is 0.361 e. The number of aryl methyl sites for hydroxylation is 1. The average Bonchev–Trinajstić information content (AvgIpc) is 3.14. The third-order valence-electron chi connectivity index (χ3n) is 4.58. The second-order valence-corrected chi connectivity index (χ2v) is 6.08. The summed E-state index contributed by atoms with van der Waals surface area (Å²) in [5.74, 6) is 2.07. The highest BCUT2D eigenvalue weighted by molar-refractivity contribution is 5.83. The van der Waals surface area contributed by atoms with Crippen LogP contribution in [0.1, 0.15) is 36.0 Å². The van der Waals surface area contributed by atoms with Crippen molar-refractivity contribution in [1.29, 1.82) is 0 Å². The smallest absolute Gasteiger partial charge is 0.240 e. The van der Waals surface area contributed by atoms with Crippen molar-refractivity contribution in [3.05, 3.63) is 47.7 Å². The molecule has 0 radical (unpaired) electrons. The van der Waals surface area contributed by atoms with E-state index in [0.29, 0.717) is 11.7 Å². The Morgan fingerprint density at radius 1 is 1.27 bits per heavy atom. The summed E-state index contributed by atoms with van der Waals surface area (Å²) in [5.41, 5.74) is 2.70. The lowest BCUT2D eigenvalue weighted by Crippen LogP contribution is -2.32. The van der Waals surface area contributed by atoms with E-state index in [-0.39, 0.29) is 0 Å². The number of benzene rings is 1. The summed E-state index contributed by atoms with van der Waals surface area (Å²) in [6.07, 6.45) is 4.54. The SMILES string of the molecule is Cc1noc(CN2CCC(c3c[nH]c4ccccc34)CC2)n1. The second-order valence-electron chi connectivity index (χ2n) is 6.08. The predicted octanol–water partition coefficient (Wildman–Crippen LogP) is 3.24. The highest BCUT2D eigenvalue weighted by atomic mass is 16.5. The Bertz CT molecular complexity index is 768. The number of likely N-dealkylation sites (tertiary alicyclic amines) is 1. The monoisotopic (exact) mass is 296 g/mol. The van der Waals surface area contributed by atoms with Gasteiger partial charge in [-0.1, -0.05) is 23.4 Å². The summed E-state index contributed by atoms with van der Waals surface area (Å²) < 4.78 is 5.22. The number of fused-ring (bicyclic) bond motifs is 1. The number of rotatable bonds is 3. The molecule has 5 nitrogen and oxygen atoms in total. The van der Waals surface area contributed by atoms with Crippen LogP contribution in [-0.2, 0) is 6.54 Å². The van der Waals surface area contributed by atoms with Gasteiger partial charge in [0.2, 0.25) is 5.89 Å². The van der Waals surface area contributed by atoms with E-state index in [4.69, 9.17) is 4.52 Å². The van der Waals surface area contributed by atoms with Gasteiger partial charge in [-0.25, -0.2) is 0 Å². The fourth-order valence-electron chi connectivity index (χ4n) is 3.43. The maximum Gasteiger partial charge on any atom is 0.240 e. The Morgan fingerprint density at radius 2 is 2.09 bits per heavy atom. The van der Waals surface area contributed by atoms with Crippen molar-refractivity contribution >= 4 is 10.9 Å². The molecule has 0 spiro atoms. The summed E-state index contributed by atoms with van der Waals surface area (Å²) in [5, 5.41) is 5.22. The maximum absolute atomic E-state index is 5.22. The van der Waals surface area contributed by atoms with Gasteiger partial charge in [0, 0.05) is 17.1 Å². The van der Waals surface area contributed by atoms with Gasteiger partial charge in [0.05, 0.1) is 6.54 Å². The molecule has 114 valence electrons. The minimum atomic E-state index is 0.636. The van der Waals surface area contributed by atoms with Crippen LogP contribution in [0.5, 0.6) is 0 Å². The molecule has 1 N–H and O–H groups in total. The van der Waals surface area contributed by atoms with Crippen LogP contribution in [0, 0.1) is 6.92 Å². The molecule has 0 atom stereocenters. The number of aromatic nitrogens is 3. The number of piperidine rings is 1. The molecule has 4 rings (SSSR count). The molecule has 0 amide bonds. The summed E-state index contributed by atoms with van der Waals surface area (Å²) in [6, 6.07) is 8.56. The zero-order valence-electron chi connectivity index (χ0n) is 12.7. The van der Waals surface area contributed by atoms with Crippen LogP contribution in [0.15, 0.2) is 35.0 Å². The first-order valence-corrected chi connectivity index (χ1v) is 7.87. The van der Waals surface area contributed by atoms with E-state index in [9.17, 15) is 0 Å². The first kappa shape index (κ1) is 13.5. The van der Waals surface area contributed by atoms with Gasteiger partial charge in [0.1, 0.15) is 0 Å². The topological polar surface area (TPSA) is 58.0 Å². The minimum Gasteiger partial charge on any atom is -0.361 e. The molecule has 1 aliphatic rings. The van der Waals surface area contributed by atoms with E-state index < -0.39 is 0 Å². The number of hydrogen-bond acceptors (Lipinski definition) is 4. The lowest BCUT2D eigenvalue weighted by Gasteiger charge is -2.30. The van der Waals surface area contributed by atoms with Gasteiger partial charge in [-0.3, -0.25) is 4.90 Å². The van der Waals surface area contributed by atoms with E-state index in [1.807, 2.05) is 6.92 Å². The number of hydrogen-bond donors (Lipinski definition) is 1. The molecule has 1 fully saturated rings. The standard InChI is InChI=1S/C17H20N4O/c1-12-19-17(22-20-12)11-21-8-6-13(7-9-21)15-10-18-16-5-3-2-4-14(15)16/h2-5,10,13,18H,6-9,11H2,1H3. The van der Waals surface area contributed by atoms with Gasteiger partial charge in [-0.15, -0.1) is 0 Å². The Balaban J connectivity index is 1.43. The lowest BCUT2D eigenvalue weighted by molar-refractivity contribution is 0.181. The third-order valence-corrected chi connectivity index (χ3v) is 4.58. The van der Waals surface area contributed by atoms with Crippen molar-refractivity contribution < 1.29 is 4.52 Å². The van der Waals surface area contributed by atoms with Crippen molar-refractivity contribution in [3.63, 3.8) is 0 Å². The van der Waals surface area contributed by atoms with Crippen molar-refractivity contribution in [3.8, 4) is 0 Å². The predicted molar refractivity (Wildman–Crippen MR) is 84.6 cm³/mol. The second kappa shape index (κ2) is 5.57. The van der Waals surface area contributed by atoms with Gasteiger partial charge in [0.25, 0.3) is 0 Å². The number of nitrogens with one attached hydrogen (secondary N) is 1. The summed E-state index contributed by atoms with van der Waals surface area (Å²) in [6.45, 7) is 4.77. The zero-order valence-corrected chi connectivity index (χ0v) is 12.7. The molecule has 0 saturated carbocycles. The first-order chi connectivity index (χ1) is 10.8. The Morgan fingerprint density at radius 3 is 2.86 bits per heavy atom. The molecule has 1 aromatic carbocycles. The van der Waals surface area contributed by atoms with Crippen LogP contribution in [0.3, 0.4) is 0 Å². The summed E-state index contributed by atoms with van der Waals surface area (Å²) >= 11 is 0. The molecule has 0 unspecified atom stereocenters. The summed E-state index contributed by atoms with van der Waals surface area (Å²) in [4.78, 5) is 10.1. The van der Waals surface area contributed by atoms with Crippen molar-refractivity contribution in [2.24, 2.45) is 0 Å². The third kappa shape index (κ3) is 2.52. The van der Waals surface area contributed by atoms with E-state index in [0.717, 1.165) is 25.5 Å². The number of para-hydroxylation sites is 1. The van der Waals surface area contributed by atoms with Gasteiger partial charge < -0.3 is 9.51 Å². The highest BCUT2D eigenvalue weighted by Crippen LogP contribution is 2.33. The van der Waals surface area contributed by atoms with E-state index in [1.165, 1.54) is 29.3 Å². The molecule has 3 heterocycles. The fraction of sp³-hybridized carbons (Fsp3) is 0.412. The van der Waals surface area contributed by atoms with Crippen LogP contribution in [0.4, 0.5) is 0 Å². The van der Waals surface area contributed by atoms with Gasteiger partial charge in [-0.2, -0.15) is 4.98 Å². The molecule has 0 aliphatic carbocycles. The quantitative estimate of drug-likeness (QED) is 0.806. The van der Waals surface area contributed by atoms with Gasteiger partial charge in [0.15, 0.2) is 5.82 Å². The normalized spacial score (nSPS) is 17.3. The molecule has 2 aromatic heterocycles. The fourth-order valence-corrected chi connectivity index (χ4v) is 3.43. The van der Waals surface area contributed by atoms with Crippen LogP contribution >= 0.6 is 0 Å². The lowest BCUT2D eigenvalue weighted by atomic mass is 9.89. The Hall–Kier alpha value is -2.14. The molecule has 22 heavy (non-hydrogen) atoms. The average molecular weight is 296 g/mol. The van der Waals surface area contributed by atoms with Crippen molar-refractivity contribution in [1.82, 2.24) is 20.0 Å². The highest BCUT2D eigenvalue weighted by Gasteiger charge is 2.23. The molecule has 3 aromatic rings. The maximum atomic E-state index is 5.22. The molecular weight excluding hydrogens is 276 g/mol. The molecular formula is C17H20N4O. The molecule has 1 saturated heterocycles. The number of aromatic amines is 1.